The molecule has 1 saturated heterocycles. The van der Waals surface area contributed by atoms with Crippen molar-refractivity contribution in [3.8, 4) is 0 Å². The molecule has 2 heteroatoms. The Morgan fingerprint density at radius 2 is 1.52 bits per heavy atom. The third kappa shape index (κ3) is 3.37. The second-order valence-corrected chi connectivity index (χ2v) is 8.63. The van der Waals surface area contributed by atoms with Crippen molar-refractivity contribution in [3.63, 3.8) is 0 Å². The van der Waals surface area contributed by atoms with E-state index in [1.807, 2.05) is 0 Å². The molecule has 3 atom stereocenters. The summed E-state index contributed by atoms with van der Waals surface area (Å²) in [6.45, 7) is 2.23. The van der Waals surface area contributed by atoms with Crippen LogP contribution in [0.2, 0.25) is 0 Å². The molecular weight excluding hydrogens is 354 g/mol. The molecule has 0 saturated carbocycles. The molecule has 0 bridgehead atoms. The van der Waals surface area contributed by atoms with E-state index < -0.39 is 0 Å². The van der Waals surface area contributed by atoms with Crippen molar-refractivity contribution < 1.29 is 4.79 Å². The van der Waals surface area contributed by atoms with Gasteiger partial charge in [0.1, 0.15) is 0 Å². The van der Waals surface area contributed by atoms with Gasteiger partial charge in [0.05, 0.1) is 0 Å². The molecule has 3 aromatic carbocycles. The van der Waals surface area contributed by atoms with E-state index in [0.717, 1.165) is 12.8 Å². The van der Waals surface area contributed by atoms with Gasteiger partial charge in [-0.15, -0.1) is 0 Å². The molecule has 1 aliphatic carbocycles. The fourth-order valence-corrected chi connectivity index (χ4v) is 5.47. The monoisotopic (exact) mass is 381 g/mol. The third-order valence-corrected chi connectivity index (χ3v) is 6.75. The van der Waals surface area contributed by atoms with Gasteiger partial charge >= 0.3 is 0 Å². The van der Waals surface area contributed by atoms with E-state index in [-0.39, 0.29) is 11.8 Å². The summed E-state index contributed by atoms with van der Waals surface area (Å²) < 4.78 is 0. The zero-order valence-corrected chi connectivity index (χ0v) is 16.8. The normalized spacial score (nSPS) is 23.2. The van der Waals surface area contributed by atoms with Crippen LogP contribution in [-0.4, -0.2) is 11.9 Å². The minimum atomic E-state index is 0.215. The van der Waals surface area contributed by atoms with Gasteiger partial charge in [0.15, 0.2) is 0 Å². The van der Waals surface area contributed by atoms with E-state index in [4.69, 9.17) is 0 Å². The molecule has 2 aliphatic rings. The number of piperidine rings is 1. The van der Waals surface area contributed by atoms with Gasteiger partial charge in [0.2, 0.25) is 5.91 Å². The average Bonchev–Trinajstić information content (AvgIpc) is 2.75. The zero-order chi connectivity index (χ0) is 19.8. The quantitative estimate of drug-likeness (QED) is 0.603. The second kappa shape index (κ2) is 7.51. The first kappa shape index (κ1) is 18.2. The summed E-state index contributed by atoms with van der Waals surface area (Å²) in [6, 6.07) is 29.0. The molecule has 0 aromatic heterocycles. The average molecular weight is 382 g/mol. The smallest absolute Gasteiger partial charge is 0.220 e. The Morgan fingerprint density at radius 1 is 0.862 bits per heavy atom. The van der Waals surface area contributed by atoms with Gasteiger partial charge in [-0.2, -0.15) is 0 Å². The van der Waals surface area contributed by atoms with Crippen LogP contribution in [0.15, 0.2) is 78.9 Å². The van der Waals surface area contributed by atoms with Crippen LogP contribution in [0.3, 0.4) is 0 Å². The lowest BCUT2D eigenvalue weighted by molar-refractivity contribution is -0.125. The van der Waals surface area contributed by atoms with Crippen molar-refractivity contribution in [2.24, 2.45) is 5.92 Å². The van der Waals surface area contributed by atoms with Gasteiger partial charge in [-0.05, 0) is 46.6 Å². The van der Waals surface area contributed by atoms with Gasteiger partial charge in [-0.1, -0.05) is 85.8 Å². The van der Waals surface area contributed by atoms with Gasteiger partial charge in [0.25, 0.3) is 0 Å². The number of amides is 1. The van der Waals surface area contributed by atoms with Crippen molar-refractivity contribution in [2.75, 3.05) is 0 Å². The lowest BCUT2D eigenvalue weighted by Crippen LogP contribution is -2.49. The maximum Gasteiger partial charge on any atom is 0.220 e. The lowest BCUT2D eigenvalue weighted by Gasteiger charge is -2.41. The molecule has 5 rings (SSSR count). The van der Waals surface area contributed by atoms with Crippen LogP contribution in [0.4, 0.5) is 0 Å². The van der Waals surface area contributed by atoms with Gasteiger partial charge in [0, 0.05) is 24.3 Å². The molecule has 1 amide bonds. The van der Waals surface area contributed by atoms with Crippen LogP contribution < -0.4 is 5.32 Å². The minimum Gasteiger partial charge on any atom is -0.353 e. The highest BCUT2D eigenvalue weighted by Crippen LogP contribution is 2.42. The number of rotatable bonds is 3. The molecule has 29 heavy (non-hydrogen) atoms. The fourth-order valence-electron chi connectivity index (χ4n) is 5.47. The Bertz CT molecular complexity index is 972. The fraction of sp³-hybridized carbons (Fsp3) is 0.296. The summed E-state index contributed by atoms with van der Waals surface area (Å²) in [4.78, 5) is 12.0. The van der Waals surface area contributed by atoms with Crippen LogP contribution >= 0.6 is 0 Å². The van der Waals surface area contributed by atoms with E-state index in [0.29, 0.717) is 24.3 Å². The predicted octanol–water partition coefficient (Wildman–Crippen LogP) is 5.42. The highest BCUT2D eigenvalue weighted by molar-refractivity contribution is 5.78. The largest absolute Gasteiger partial charge is 0.353 e. The van der Waals surface area contributed by atoms with Crippen LogP contribution in [0, 0.1) is 5.92 Å². The Hall–Kier alpha value is -2.87. The first-order valence-electron chi connectivity index (χ1n) is 10.7. The van der Waals surface area contributed by atoms with Crippen LogP contribution in [0.5, 0.6) is 0 Å². The first-order valence-corrected chi connectivity index (χ1v) is 10.7. The number of hydrogen-bond acceptors (Lipinski definition) is 1. The minimum absolute atomic E-state index is 0.215. The number of carbonyl (C=O) groups excluding carboxylic acids is 1. The summed E-state index contributed by atoms with van der Waals surface area (Å²) in [6.07, 6.45) is 2.71. The highest BCUT2D eigenvalue weighted by atomic mass is 16.1. The number of aryl methyl sites for hydroxylation is 1. The highest BCUT2D eigenvalue weighted by Gasteiger charge is 2.38. The Morgan fingerprint density at radius 3 is 2.17 bits per heavy atom. The van der Waals surface area contributed by atoms with Crippen LogP contribution in [0.1, 0.15) is 59.4 Å². The third-order valence-electron chi connectivity index (χ3n) is 6.75. The van der Waals surface area contributed by atoms with Crippen molar-refractivity contribution in [1.29, 1.82) is 0 Å². The summed E-state index contributed by atoms with van der Waals surface area (Å²) in [7, 11) is 0. The predicted molar refractivity (Wildman–Crippen MR) is 117 cm³/mol. The Labute approximate surface area is 173 Å². The van der Waals surface area contributed by atoms with E-state index >= 15 is 0 Å². The van der Waals surface area contributed by atoms with Crippen molar-refractivity contribution in [1.82, 2.24) is 5.32 Å². The topological polar surface area (TPSA) is 29.1 Å². The summed E-state index contributed by atoms with van der Waals surface area (Å²) >= 11 is 0. The molecule has 0 spiro atoms. The molecule has 3 aromatic rings. The summed E-state index contributed by atoms with van der Waals surface area (Å²) in [5, 5.41) is 3.24. The molecule has 1 aliphatic heterocycles. The second-order valence-electron chi connectivity index (χ2n) is 8.63. The summed E-state index contributed by atoms with van der Waals surface area (Å²) in [5.74, 6) is 1.30. The summed E-state index contributed by atoms with van der Waals surface area (Å²) in [5.41, 5.74) is 6.91. The van der Waals surface area contributed by atoms with E-state index in [9.17, 15) is 4.79 Å². The van der Waals surface area contributed by atoms with Gasteiger partial charge in [-0.3, -0.25) is 4.79 Å². The van der Waals surface area contributed by atoms with E-state index in [1.165, 1.54) is 27.8 Å². The maximum absolute atomic E-state index is 12.0. The van der Waals surface area contributed by atoms with Crippen LogP contribution in [0.25, 0.3) is 0 Å². The van der Waals surface area contributed by atoms with Crippen molar-refractivity contribution in [3.05, 3.63) is 107 Å². The zero-order valence-electron chi connectivity index (χ0n) is 16.8. The van der Waals surface area contributed by atoms with Crippen molar-refractivity contribution in [2.45, 2.75) is 44.1 Å². The number of nitrogens with one attached hydrogen (secondary N) is 1. The molecule has 1 fully saturated rings. The molecule has 1 heterocycles. The SMILES string of the molecule is CC1CC(=O)NC2CCc3cc(C(c4ccccc4)c4ccccc4)ccc3C12. The van der Waals surface area contributed by atoms with Crippen LogP contribution in [-0.2, 0) is 11.2 Å². The first-order chi connectivity index (χ1) is 14.2. The number of benzene rings is 3. The molecule has 2 nitrogen and oxygen atoms in total. The van der Waals surface area contributed by atoms with Gasteiger partial charge < -0.3 is 5.32 Å². The van der Waals surface area contributed by atoms with E-state index in [2.05, 4.69) is 91.1 Å². The Balaban J connectivity index is 1.57. The molecule has 1 N–H and O–H groups in total. The number of carbonyl (C=O) groups is 1. The van der Waals surface area contributed by atoms with Gasteiger partial charge in [-0.25, -0.2) is 0 Å². The van der Waals surface area contributed by atoms with E-state index in [1.54, 1.807) is 0 Å². The lowest BCUT2D eigenvalue weighted by atomic mass is 9.69. The maximum atomic E-state index is 12.0. The Kier molecular flexibility index (Phi) is 4.71. The molecule has 146 valence electrons. The standard InChI is InChI=1S/C27H27NO/c1-18-16-25(29)28-24-15-13-21-17-22(12-14-23(21)26(18)24)27(19-8-4-2-5-9-19)20-10-6-3-7-11-20/h2-12,14,17-18,24,26-27H,13,15-16H2,1H3,(H,28,29). The molecule has 3 unspecified atom stereocenters. The van der Waals surface area contributed by atoms with Crippen molar-refractivity contribution >= 4 is 5.91 Å². The number of hydrogen-bond donors (Lipinski definition) is 1. The molecular formula is C27H27NO. The molecule has 0 radical (unpaired) electrons. The number of fused-ring (bicyclic) bond motifs is 3.